The normalized spacial score (nSPS) is 26.2. The van der Waals surface area contributed by atoms with Crippen LogP contribution < -0.4 is 16.0 Å². The van der Waals surface area contributed by atoms with Crippen LogP contribution in [0.5, 0.6) is 0 Å². The molecule has 5 aromatic rings. The Labute approximate surface area is 469 Å². The molecule has 21 heteroatoms. The van der Waals surface area contributed by atoms with Crippen LogP contribution in [0.3, 0.4) is 0 Å². The number of ether oxygens (including phenoxy) is 9. The SMILES string of the molecule is CN(C(=O)OCc1ccccc1)C1C(O)C(OC2C(CC(=O)OCc3ccccc3)CC(NC(=O)OCc3ccccc3)C(OC3OC(CNC(=O)OCc4ccccc4)CCC3NC(=O)OCc3ccccc3)C2O)OCC1(C)O. The first-order valence-corrected chi connectivity index (χ1v) is 26.9. The first kappa shape index (κ1) is 59.5. The van der Waals surface area contributed by atoms with Crippen LogP contribution in [-0.4, -0.2) is 138 Å². The number of nitrogens with one attached hydrogen (secondary N) is 3. The van der Waals surface area contributed by atoms with Gasteiger partial charge >= 0.3 is 30.3 Å². The molecular formula is C60H70N4O17. The monoisotopic (exact) mass is 1120 g/mol. The molecule has 5 aromatic carbocycles. The van der Waals surface area contributed by atoms with Crippen molar-refractivity contribution in [2.75, 3.05) is 20.2 Å². The number of likely N-dealkylation sites (N-methyl/N-ethyl adjacent to an activating group) is 1. The van der Waals surface area contributed by atoms with Gasteiger partial charge in [0.25, 0.3) is 0 Å². The quantitative estimate of drug-likeness (QED) is 0.0343. The summed E-state index contributed by atoms with van der Waals surface area (Å²) in [4.78, 5) is 68.9. The minimum atomic E-state index is -1.86. The van der Waals surface area contributed by atoms with Gasteiger partial charge in [0.05, 0.1) is 43.4 Å². The molecule has 1 saturated carbocycles. The van der Waals surface area contributed by atoms with E-state index in [0.29, 0.717) is 16.7 Å². The number of benzene rings is 5. The smallest absolute Gasteiger partial charge is 0.410 e. The number of nitrogens with zero attached hydrogens (tertiary/aromatic N) is 1. The van der Waals surface area contributed by atoms with Gasteiger partial charge in [0.15, 0.2) is 12.6 Å². The Morgan fingerprint density at radius 1 is 0.568 bits per heavy atom. The molecule has 2 heterocycles. The second-order valence-electron chi connectivity index (χ2n) is 20.4. The number of hydrogen-bond acceptors (Lipinski definition) is 17. The number of carbonyl (C=O) groups excluding carboxylic acids is 5. The molecule has 3 fully saturated rings. The number of hydrogen-bond donors (Lipinski definition) is 6. The number of esters is 1. The van der Waals surface area contributed by atoms with E-state index in [1.54, 1.807) is 97.1 Å². The minimum absolute atomic E-state index is 0.0125. The molecule has 0 aromatic heterocycles. The molecule has 3 aliphatic rings. The number of carbonyl (C=O) groups is 5. The first-order chi connectivity index (χ1) is 39.2. The van der Waals surface area contributed by atoms with Gasteiger partial charge in [-0.1, -0.05) is 152 Å². The lowest BCUT2D eigenvalue weighted by Gasteiger charge is -2.50. The van der Waals surface area contributed by atoms with Gasteiger partial charge in [0, 0.05) is 19.5 Å². The van der Waals surface area contributed by atoms with Crippen LogP contribution in [0.1, 0.15) is 60.4 Å². The molecular weight excluding hydrogens is 1050 g/mol. The number of alkyl carbamates (subject to hydrolysis) is 3. The van der Waals surface area contributed by atoms with E-state index in [1.165, 1.54) is 14.0 Å². The zero-order valence-corrected chi connectivity index (χ0v) is 45.1. The lowest BCUT2D eigenvalue weighted by Crippen LogP contribution is -2.68. The molecule has 12 atom stereocenters. The fourth-order valence-electron chi connectivity index (χ4n) is 10.1. The lowest BCUT2D eigenvalue weighted by atomic mass is 9.77. The fourth-order valence-corrected chi connectivity index (χ4v) is 10.1. The molecule has 0 radical (unpaired) electrons. The predicted octanol–water partition coefficient (Wildman–Crippen LogP) is 6.40. The largest absolute Gasteiger partial charge is 0.461 e. The zero-order chi connectivity index (χ0) is 57.1. The first-order valence-electron chi connectivity index (χ1n) is 26.9. The summed E-state index contributed by atoms with van der Waals surface area (Å²) in [7, 11) is 1.35. The average Bonchev–Trinajstić information content (AvgIpc) is 3.67. The molecule has 81 heavy (non-hydrogen) atoms. The number of aliphatic hydroxyl groups is 3. The van der Waals surface area contributed by atoms with Gasteiger partial charge < -0.3 is 78.8 Å². The molecule has 6 N–H and O–H groups in total. The minimum Gasteiger partial charge on any atom is -0.461 e. The third-order valence-electron chi connectivity index (χ3n) is 14.2. The molecule has 2 saturated heterocycles. The van der Waals surface area contributed by atoms with Crippen LogP contribution in [0.15, 0.2) is 152 Å². The third-order valence-corrected chi connectivity index (χ3v) is 14.2. The maximum absolute atomic E-state index is 13.9. The van der Waals surface area contributed by atoms with E-state index < -0.39 is 116 Å². The predicted molar refractivity (Wildman–Crippen MR) is 289 cm³/mol. The Morgan fingerprint density at radius 3 is 1.52 bits per heavy atom. The van der Waals surface area contributed by atoms with Gasteiger partial charge in [-0.05, 0) is 54.0 Å². The van der Waals surface area contributed by atoms with Crippen molar-refractivity contribution in [3.63, 3.8) is 0 Å². The van der Waals surface area contributed by atoms with Crippen LogP contribution in [0.4, 0.5) is 19.2 Å². The van der Waals surface area contributed by atoms with E-state index in [0.717, 1.165) is 16.0 Å². The van der Waals surface area contributed by atoms with E-state index in [9.17, 15) is 39.3 Å². The standard InChI is InChI=1S/C60H70N4O17/c1-60(72)38-78-55(50(67)53(60)64(2)59(71)77-37-43-26-16-7-17-27-43)80-51-44(31-48(65)73-33-39-18-8-3-9-19-39)30-47(63-58(70)76-36-42-24-14-6-15-25-42)52(49(51)66)81-54-46(62-57(69)75-35-41-22-12-5-13-23-41)29-28-45(79-54)32-61-56(68)74-34-40-20-10-4-11-21-40/h3-27,44-47,49-55,66-67,72H,28-38H2,1-2H3,(H,61,68)(H,62,69)(H,63,70). The highest BCUT2D eigenvalue weighted by Gasteiger charge is 2.55. The van der Waals surface area contributed by atoms with Crippen molar-refractivity contribution in [2.45, 2.75) is 132 Å². The molecule has 1 aliphatic carbocycles. The van der Waals surface area contributed by atoms with Crippen molar-refractivity contribution >= 4 is 30.3 Å². The van der Waals surface area contributed by atoms with Crippen molar-refractivity contribution in [2.24, 2.45) is 5.92 Å². The second-order valence-corrected chi connectivity index (χ2v) is 20.4. The van der Waals surface area contributed by atoms with Crippen molar-refractivity contribution in [3.8, 4) is 0 Å². The van der Waals surface area contributed by atoms with Gasteiger partial charge in [-0.2, -0.15) is 0 Å². The van der Waals surface area contributed by atoms with Crippen LogP contribution in [-0.2, 0) is 80.5 Å². The molecule has 12 unspecified atom stereocenters. The zero-order valence-electron chi connectivity index (χ0n) is 45.1. The Morgan fingerprint density at radius 2 is 1.01 bits per heavy atom. The van der Waals surface area contributed by atoms with Gasteiger partial charge in [-0.25, -0.2) is 19.2 Å². The molecule has 4 amide bonds. The summed E-state index contributed by atoms with van der Waals surface area (Å²) in [5.41, 5.74) is 1.73. The Hall–Kier alpha value is -7.63. The van der Waals surface area contributed by atoms with Crippen LogP contribution in [0.25, 0.3) is 0 Å². The molecule has 0 spiro atoms. The van der Waals surface area contributed by atoms with Gasteiger partial charge in [-0.15, -0.1) is 0 Å². The highest BCUT2D eigenvalue weighted by atomic mass is 16.7. The fraction of sp³-hybridized carbons (Fsp3) is 0.417. The van der Waals surface area contributed by atoms with Crippen molar-refractivity contribution in [1.82, 2.24) is 20.9 Å². The van der Waals surface area contributed by atoms with Gasteiger partial charge in [0.1, 0.15) is 56.9 Å². The van der Waals surface area contributed by atoms with Crippen LogP contribution >= 0.6 is 0 Å². The van der Waals surface area contributed by atoms with E-state index in [-0.39, 0.29) is 58.8 Å². The summed E-state index contributed by atoms with van der Waals surface area (Å²) < 4.78 is 53.8. The van der Waals surface area contributed by atoms with E-state index >= 15 is 0 Å². The summed E-state index contributed by atoms with van der Waals surface area (Å²) in [6, 6.07) is 41.4. The average molecular weight is 1120 g/mol. The highest BCUT2D eigenvalue weighted by molar-refractivity contribution is 5.71. The molecule has 432 valence electrons. The highest BCUT2D eigenvalue weighted by Crippen LogP contribution is 2.38. The molecule has 21 nitrogen and oxygen atoms in total. The van der Waals surface area contributed by atoms with Crippen molar-refractivity contribution in [1.29, 1.82) is 0 Å². The Balaban J connectivity index is 1.07. The number of rotatable bonds is 21. The van der Waals surface area contributed by atoms with Crippen LogP contribution in [0, 0.1) is 5.92 Å². The Kier molecular flexibility index (Phi) is 21.4. The molecule has 0 bridgehead atoms. The van der Waals surface area contributed by atoms with Gasteiger partial charge in [0.2, 0.25) is 0 Å². The summed E-state index contributed by atoms with van der Waals surface area (Å²) >= 11 is 0. The van der Waals surface area contributed by atoms with Gasteiger partial charge in [-0.3, -0.25) is 4.79 Å². The summed E-state index contributed by atoms with van der Waals surface area (Å²) in [5, 5.41) is 45.0. The third kappa shape index (κ3) is 17.4. The second kappa shape index (κ2) is 29.2. The molecule has 2 aliphatic heterocycles. The number of amides is 4. The lowest BCUT2D eigenvalue weighted by molar-refractivity contribution is -0.318. The van der Waals surface area contributed by atoms with E-state index in [1.807, 2.05) is 54.6 Å². The maximum atomic E-state index is 13.9. The molecule has 8 rings (SSSR count). The van der Waals surface area contributed by atoms with Crippen molar-refractivity contribution in [3.05, 3.63) is 179 Å². The summed E-state index contributed by atoms with van der Waals surface area (Å²) in [5.74, 6) is -1.73. The Bertz CT molecular complexity index is 2770. The van der Waals surface area contributed by atoms with E-state index in [4.69, 9.17) is 42.6 Å². The summed E-state index contributed by atoms with van der Waals surface area (Å²) in [6.07, 6.45) is -13.8. The van der Waals surface area contributed by atoms with Crippen molar-refractivity contribution < 1.29 is 81.9 Å². The van der Waals surface area contributed by atoms with Crippen LogP contribution in [0.2, 0.25) is 0 Å². The maximum Gasteiger partial charge on any atom is 0.410 e. The topological polar surface area (TPSA) is 268 Å². The van der Waals surface area contributed by atoms with E-state index in [2.05, 4.69) is 16.0 Å². The number of aliphatic hydroxyl groups excluding tert-OH is 2. The summed E-state index contributed by atoms with van der Waals surface area (Å²) in [6.45, 7) is 0.467.